The van der Waals surface area contributed by atoms with Crippen LogP contribution in [0.4, 0.5) is 23.2 Å². The van der Waals surface area contributed by atoms with Crippen LogP contribution in [0.5, 0.6) is 23.0 Å². The van der Waals surface area contributed by atoms with Gasteiger partial charge in [0.05, 0.1) is 25.4 Å². The second-order valence-corrected chi connectivity index (χ2v) is 16.5. The first-order valence-corrected chi connectivity index (χ1v) is 20.9. The molecule has 10 N–H and O–H groups in total. The number of ether oxygens (including phenoxy) is 3. The molecule has 0 bridgehead atoms. The second-order valence-electron chi connectivity index (χ2n) is 11.6. The van der Waals surface area contributed by atoms with Crippen molar-refractivity contribution in [2.75, 3.05) is 51.1 Å². The maximum absolute atomic E-state index is 13.9. The number of benzene rings is 3. The van der Waals surface area contributed by atoms with Crippen LogP contribution >= 0.6 is 18.9 Å². The number of nitriles is 1. The summed E-state index contributed by atoms with van der Waals surface area (Å²) in [4.78, 5) is 32.6. The fourth-order valence-electron chi connectivity index (χ4n) is 4.36. The molecule has 1 amide bonds. The molecule has 24 heteroatoms. The predicted octanol–water partition coefficient (Wildman–Crippen LogP) is 4.48. The quantitative estimate of drug-likeness (QED) is 0.0366. The monoisotopic (exact) mass is 878 g/mol. The third-order valence-corrected chi connectivity index (χ3v) is 11.4. The molecule has 4 aromatic rings. The first-order valence-electron chi connectivity index (χ1n) is 16.9. The van der Waals surface area contributed by atoms with E-state index in [1.807, 2.05) is 4.72 Å². The van der Waals surface area contributed by atoms with Gasteiger partial charge in [0, 0.05) is 22.0 Å². The highest BCUT2D eigenvalue weighted by Gasteiger charge is 2.38. The summed E-state index contributed by atoms with van der Waals surface area (Å²) in [6.45, 7) is 2.04. The van der Waals surface area contributed by atoms with Crippen LogP contribution in [-0.4, -0.2) is 82.2 Å². The molecule has 4 rings (SSSR count). The highest BCUT2D eigenvalue weighted by molar-refractivity contribution is 7.92. The summed E-state index contributed by atoms with van der Waals surface area (Å²) in [5.74, 6) is -3.70. The van der Waals surface area contributed by atoms with E-state index >= 15 is 0 Å². The summed E-state index contributed by atoms with van der Waals surface area (Å²) >= 11 is 0.893. The smallest absolute Gasteiger partial charge is 0.489 e. The second kappa shape index (κ2) is 21.6. The number of hydrogen-bond acceptors (Lipinski definition) is 14. The zero-order chi connectivity index (χ0) is 43.1. The number of nitrogens with one attached hydrogen (secondary N) is 2. The molecule has 0 aliphatic rings. The predicted molar refractivity (Wildman–Crippen MR) is 204 cm³/mol. The number of thiophene rings is 1. The normalized spacial score (nSPS) is 12.4. The van der Waals surface area contributed by atoms with E-state index in [2.05, 4.69) is 5.32 Å². The largest absolute Gasteiger partial charge is 0.490 e. The number of halogens is 4. The topological polar surface area (TPSA) is 289 Å². The lowest BCUT2D eigenvalue weighted by Crippen LogP contribution is -2.25. The molecule has 17 nitrogen and oxygen atoms in total. The van der Waals surface area contributed by atoms with Crippen LogP contribution in [0.3, 0.4) is 0 Å². The van der Waals surface area contributed by atoms with Crippen LogP contribution in [0.25, 0.3) is 10.1 Å². The average molecular weight is 879 g/mol. The molecule has 0 spiro atoms. The van der Waals surface area contributed by atoms with Crippen molar-refractivity contribution in [1.29, 1.82) is 5.26 Å². The van der Waals surface area contributed by atoms with Gasteiger partial charge in [-0.3, -0.25) is 4.79 Å². The van der Waals surface area contributed by atoms with E-state index in [1.165, 1.54) is 18.2 Å². The van der Waals surface area contributed by atoms with Crippen molar-refractivity contribution in [2.45, 2.75) is 29.6 Å². The number of anilines is 1. The van der Waals surface area contributed by atoms with Gasteiger partial charge in [0.25, 0.3) is 15.9 Å². The summed E-state index contributed by atoms with van der Waals surface area (Å²) in [6, 6.07) is 13.7. The van der Waals surface area contributed by atoms with E-state index in [1.54, 1.807) is 24.3 Å². The first kappa shape index (κ1) is 47.3. The molecule has 58 heavy (non-hydrogen) atoms. The summed E-state index contributed by atoms with van der Waals surface area (Å²) in [5.41, 5.74) is 17.1. The Kier molecular flexibility index (Phi) is 17.7. The Bertz CT molecular complexity index is 2220. The molecular weight excluding hydrogens is 840 g/mol. The average Bonchev–Trinajstić information content (AvgIpc) is 3.60. The molecule has 0 fully saturated rings. The molecule has 1 unspecified atom stereocenters. The Balaban J connectivity index is 0.00000117. The van der Waals surface area contributed by atoms with E-state index in [9.17, 15) is 40.2 Å². The van der Waals surface area contributed by atoms with Gasteiger partial charge in [0.1, 0.15) is 28.1 Å². The number of hydrogen-bond donors (Lipinski definition) is 7. The molecule has 1 heterocycles. The molecule has 0 radical (unpaired) electrons. The number of alkyl halides is 3. The van der Waals surface area contributed by atoms with Crippen molar-refractivity contribution in [2.24, 2.45) is 17.2 Å². The third kappa shape index (κ3) is 14.4. The lowest BCUT2D eigenvalue weighted by atomic mass is 10.1. The zero-order valence-corrected chi connectivity index (χ0v) is 32.8. The third-order valence-electron chi connectivity index (χ3n) is 7.11. The Hall–Kier alpha value is -5.05. The molecule has 0 saturated carbocycles. The summed E-state index contributed by atoms with van der Waals surface area (Å²) in [5, 5.41) is 19.2. The van der Waals surface area contributed by atoms with Crippen molar-refractivity contribution >= 4 is 56.6 Å². The number of carbonyl (C=O) groups excluding carboxylic acids is 1. The van der Waals surface area contributed by atoms with Crippen molar-refractivity contribution < 1.29 is 68.9 Å². The molecule has 3 aromatic carbocycles. The number of aliphatic carboxylic acids is 1. The number of carboxylic acid groups (broad SMARTS) is 1. The van der Waals surface area contributed by atoms with Gasteiger partial charge in [0.15, 0.2) is 11.5 Å². The minimum absolute atomic E-state index is 0.172. The Morgan fingerprint density at radius 1 is 0.897 bits per heavy atom. The number of nitrogens with zero attached hydrogens (tertiary/aromatic N) is 1. The zero-order valence-electron chi connectivity index (χ0n) is 30.3. The molecule has 1 atom stereocenters. The van der Waals surface area contributed by atoms with Crippen LogP contribution in [-0.2, 0) is 19.4 Å². The lowest BCUT2D eigenvalue weighted by Gasteiger charge is -2.18. The number of carbonyl (C=O) groups is 2. The van der Waals surface area contributed by atoms with Gasteiger partial charge >= 0.3 is 19.7 Å². The number of carboxylic acids is 1. The lowest BCUT2D eigenvalue weighted by molar-refractivity contribution is -0.192. The molecule has 0 saturated heterocycles. The summed E-state index contributed by atoms with van der Waals surface area (Å²) in [6.07, 6.45) is -4.40. The van der Waals surface area contributed by atoms with E-state index in [-0.39, 0.29) is 45.8 Å². The van der Waals surface area contributed by atoms with Crippen molar-refractivity contribution in [3.8, 4) is 29.1 Å². The molecular formula is C34H39F4N6O11PS2. The maximum Gasteiger partial charge on any atom is 0.490 e. The van der Waals surface area contributed by atoms with Crippen molar-refractivity contribution in [3.63, 3.8) is 0 Å². The number of rotatable bonds is 20. The van der Waals surface area contributed by atoms with Gasteiger partial charge < -0.3 is 51.3 Å². The Labute approximate surface area is 333 Å². The van der Waals surface area contributed by atoms with Gasteiger partial charge in [-0.25, -0.2) is 22.2 Å². The Morgan fingerprint density at radius 2 is 1.47 bits per heavy atom. The number of fused-ring (bicyclic) bond motifs is 1. The molecule has 0 aliphatic carbocycles. The van der Waals surface area contributed by atoms with Crippen LogP contribution in [0.2, 0.25) is 0 Å². The Morgan fingerprint density at radius 3 is 1.98 bits per heavy atom. The van der Waals surface area contributed by atoms with E-state index < -0.39 is 47.8 Å². The van der Waals surface area contributed by atoms with E-state index in [0.29, 0.717) is 67.0 Å². The van der Waals surface area contributed by atoms with Gasteiger partial charge in [0.2, 0.25) is 5.75 Å². The fourth-order valence-corrected chi connectivity index (χ4v) is 8.29. The van der Waals surface area contributed by atoms with Crippen molar-refractivity contribution in [1.82, 2.24) is 4.72 Å². The molecule has 1 aromatic heterocycles. The fraction of sp³-hybridized carbons (Fsp3) is 0.324. The highest BCUT2D eigenvalue weighted by Crippen LogP contribution is 2.43. The van der Waals surface area contributed by atoms with Crippen molar-refractivity contribution in [3.05, 3.63) is 71.5 Å². The van der Waals surface area contributed by atoms with Gasteiger partial charge in [-0.05, 0) is 92.8 Å². The van der Waals surface area contributed by atoms with E-state index in [4.69, 9.17) is 51.1 Å². The maximum atomic E-state index is 13.9. The SMILES string of the molecule is N#Cc1ccc(OP(=O)(O)CNS(=O)(=O)c2cc3cc(NC(=O)c4cc(OCCCN)c(OCCCN)c(OCCCN)c4)ccc3s2)cc1F.O=C(O)C(F)(F)F. The van der Waals surface area contributed by atoms with Gasteiger partial charge in [-0.1, -0.05) is 0 Å². The summed E-state index contributed by atoms with van der Waals surface area (Å²) < 4.78 is 109. The standard InChI is InChI=1S/C32H38FN6O9PS2.C2HF3O2/c33-26-18-25(6-4-21(26)19-37)48-49(41,42)20-38-51(43,44)30-17-22-14-24(5-7-29(22)50-30)39-32(40)23-15-27(45-11-1-8-34)31(47-13-3-10-36)28(16-23)46-12-2-9-35;3-2(4,5)1(6)7/h4-7,14-18,38H,1-3,8-13,20,34-36H2,(H,39,40)(H,41,42);(H,6,7). The van der Waals surface area contributed by atoms with Gasteiger partial charge in [-0.15, -0.1) is 11.3 Å². The molecule has 0 aliphatic heterocycles. The minimum Gasteiger partial charge on any atom is -0.489 e. The van der Waals surface area contributed by atoms with E-state index in [0.717, 1.165) is 29.5 Å². The van der Waals surface area contributed by atoms with Gasteiger partial charge in [-0.2, -0.15) is 23.2 Å². The number of sulfonamides is 1. The first-order chi connectivity index (χ1) is 27.3. The molecule has 316 valence electrons. The number of nitrogens with two attached hydrogens (primary N) is 3. The van der Waals surface area contributed by atoms with Crippen LogP contribution in [0.15, 0.2) is 58.8 Å². The van der Waals surface area contributed by atoms with Crippen LogP contribution < -0.4 is 46.0 Å². The summed E-state index contributed by atoms with van der Waals surface area (Å²) in [7, 11) is -8.92. The van der Waals surface area contributed by atoms with Crippen LogP contribution in [0.1, 0.15) is 35.2 Å². The number of amides is 1. The minimum atomic E-state index is -5.08. The van der Waals surface area contributed by atoms with Crippen LogP contribution in [0, 0.1) is 17.1 Å². The highest BCUT2D eigenvalue weighted by atomic mass is 32.2.